The summed E-state index contributed by atoms with van der Waals surface area (Å²) in [6.07, 6.45) is 3.76. The third-order valence-corrected chi connectivity index (χ3v) is 3.79. The zero-order valence-corrected chi connectivity index (χ0v) is 11.9. The van der Waals surface area contributed by atoms with E-state index in [1.54, 1.807) is 25.7 Å². The fourth-order valence-electron chi connectivity index (χ4n) is 3.22. The molecule has 0 aromatic heterocycles. The van der Waals surface area contributed by atoms with Gasteiger partial charge in [-0.1, -0.05) is 5.92 Å². The van der Waals surface area contributed by atoms with Crippen molar-refractivity contribution in [1.29, 1.82) is 0 Å². The molecular weight excluding hydrogens is 264 g/mol. The van der Waals surface area contributed by atoms with Gasteiger partial charge in [-0.2, -0.15) is 0 Å². The van der Waals surface area contributed by atoms with Crippen LogP contribution in [0.15, 0.2) is 0 Å². The first-order valence-corrected chi connectivity index (χ1v) is 6.61. The third-order valence-electron chi connectivity index (χ3n) is 3.79. The molecule has 20 heavy (non-hydrogen) atoms. The number of aliphatic hydroxyl groups is 1. The Labute approximate surface area is 118 Å². The summed E-state index contributed by atoms with van der Waals surface area (Å²) in [6, 6.07) is -0.893. The summed E-state index contributed by atoms with van der Waals surface area (Å²) in [5.74, 6) is 1.68. The van der Waals surface area contributed by atoms with Crippen molar-refractivity contribution >= 4 is 0 Å². The molecule has 0 saturated carbocycles. The number of nitrogens with zero attached hydrogens (tertiary/aromatic N) is 2. The molecule has 0 bridgehead atoms. The predicted molar refractivity (Wildman–Crippen MR) is 70.5 cm³/mol. The Morgan fingerprint density at radius 3 is 2.60 bits per heavy atom. The molecule has 2 aliphatic heterocycles. The highest BCUT2D eigenvalue weighted by Crippen LogP contribution is 2.41. The number of terminal acetylenes is 1. The van der Waals surface area contributed by atoms with Gasteiger partial charge >= 0.3 is 0 Å². The molecule has 7 heteroatoms. The molecule has 0 aliphatic carbocycles. The molecule has 0 spiro atoms. The number of fused-ring (bicyclic) bond motifs is 1. The van der Waals surface area contributed by atoms with Crippen LogP contribution in [0.1, 0.15) is 20.8 Å². The quantitative estimate of drug-likeness (QED) is 0.439. The molecule has 0 amide bonds. The molecule has 2 rings (SSSR count). The molecule has 2 saturated heterocycles. The lowest BCUT2D eigenvalue weighted by Gasteiger charge is -2.32. The largest absolute Gasteiger partial charge is 0.392 e. The summed E-state index contributed by atoms with van der Waals surface area (Å²) in [7, 11) is 0. The van der Waals surface area contributed by atoms with Crippen LogP contribution in [0.5, 0.6) is 0 Å². The van der Waals surface area contributed by atoms with E-state index in [9.17, 15) is 15.2 Å². The van der Waals surface area contributed by atoms with Gasteiger partial charge in [-0.3, -0.25) is 15.0 Å². The van der Waals surface area contributed by atoms with Gasteiger partial charge in [-0.15, -0.1) is 6.42 Å². The second kappa shape index (κ2) is 5.30. The van der Waals surface area contributed by atoms with Crippen LogP contribution in [-0.4, -0.2) is 64.2 Å². The van der Waals surface area contributed by atoms with Crippen molar-refractivity contribution in [3.8, 4) is 12.3 Å². The van der Waals surface area contributed by atoms with Crippen LogP contribution in [0.3, 0.4) is 0 Å². The number of likely N-dealkylation sites (tertiary alicyclic amines) is 1. The molecule has 1 N–H and O–H groups in total. The second-order valence-electron chi connectivity index (χ2n) is 5.76. The molecule has 0 unspecified atom stereocenters. The smallest absolute Gasteiger partial charge is 0.221 e. The Balaban J connectivity index is 2.32. The van der Waals surface area contributed by atoms with Gasteiger partial charge in [0.15, 0.2) is 5.79 Å². The normalized spacial score (nSPS) is 37.4. The molecule has 112 valence electrons. The predicted octanol–water partition coefficient (Wildman–Crippen LogP) is -0.150. The van der Waals surface area contributed by atoms with Crippen LogP contribution < -0.4 is 0 Å². The molecular formula is C13H20N2O5. The van der Waals surface area contributed by atoms with Crippen molar-refractivity contribution < 1.29 is 19.5 Å². The van der Waals surface area contributed by atoms with E-state index >= 15 is 0 Å². The van der Waals surface area contributed by atoms with E-state index in [-0.39, 0.29) is 18.0 Å². The van der Waals surface area contributed by atoms with Crippen LogP contribution >= 0.6 is 0 Å². The van der Waals surface area contributed by atoms with Gasteiger partial charge in [0.25, 0.3) is 0 Å². The van der Waals surface area contributed by atoms with E-state index in [1.165, 1.54) is 0 Å². The molecule has 0 aromatic carbocycles. The number of aliphatic hydroxyl groups excluding tert-OH is 1. The number of nitro groups is 1. The van der Waals surface area contributed by atoms with E-state index in [2.05, 4.69) is 5.92 Å². The van der Waals surface area contributed by atoms with Gasteiger partial charge in [0.1, 0.15) is 18.2 Å². The van der Waals surface area contributed by atoms with Crippen molar-refractivity contribution in [2.75, 3.05) is 13.1 Å². The summed E-state index contributed by atoms with van der Waals surface area (Å²) in [5.41, 5.74) is 0. The maximum absolute atomic E-state index is 10.9. The van der Waals surface area contributed by atoms with Crippen LogP contribution in [-0.2, 0) is 9.47 Å². The van der Waals surface area contributed by atoms with Gasteiger partial charge < -0.3 is 14.6 Å². The number of ether oxygens (including phenoxy) is 2. The molecule has 2 aliphatic rings. The Morgan fingerprint density at radius 2 is 2.10 bits per heavy atom. The minimum atomic E-state index is -0.806. The highest BCUT2D eigenvalue weighted by atomic mass is 16.8. The fourth-order valence-corrected chi connectivity index (χ4v) is 3.22. The van der Waals surface area contributed by atoms with E-state index in [4.69, 9.17) is 15.9 Å². The molecule has 0 aromatic rings. The first-order chi connectivity index (χ1) is 9.26. The Hall–Kier alpha value is -1.20. The number of rotatable bonds is 4. The monoisotopic (exact) mass is 284 g/mol. The van der Waals surface area contributed by atoms with Gasteiger partial charge in [-0.05, 0) is 20.8 Å². The maximum Gasteiger partial charge on any atom is 0.221 e. The topological polar surface area (TPSA) is 85.1 Å². The summed E-state index contributed by atoms with van der Waals surface area (Å²) in [5, 5.41) is 20.9. The first-order valence-electron chi connectivity index (χ1n) is 6.61. The summed E-state index contributed by atoms with van der Waals surface area (Å²) < 4.78 is 11.6. The fraction of sp³-hybridized carbons (Fsp3) is 0.846. The maximum atomic E-state index is 10.9. The van der Waals surface area contributed by atoms with E-state index < -0.39 is 36.2 Å². The van der Waals surface area contributed by atoms with Gasteiger partial charge in [-0.25, -0.2) is 0 Å². The lowest BCUT2D eigenvalue weighted by atomic mass is 10.0. The zero-order valence-electron chi connectivity index (χ0n) is 11.9. The molecule has 7 nitrogen and oxygen atoms in total. The summed E-state index contributed by atoms with van der Waals surface area (Å²) in [6.45, 7) is 5.09. The van der Waals surface area contributed by atoms with Crippen molar-refractivity contribution in [2.45, 2.75) is 57.0 Å². The van der Waals surface area contributed by atoms with Gasteiger partial charge in [0.2, 0.25) is 6.54 Å². The third kappa shape index (κ3) is 2.65. The number of hydrogen-bond acceptors (Lipinski definition) is 6. The minimum absolute atomic E-state index is 0.216. The molecule has 2 fully saturated rings. The van der Waals surface area contributed by atoms with Crippen LogP contribution in [0, 0.1) is 22.5 Å². The van der Waals surface area contributed by atoms with Crippen LogP contribution in [0.25, 0.3) is 0 Å². The van der Waals surface area contributed by atoms with Crippen LogP contribution in [0.2, 0.25) is 0 Å². The lowest BCUT2D eigenvalue weighted by molar-refractivity contribution is -0.488. The minimum Gasteiger partial charge on any atom is -0.392 e. The first kappa shape index (κ1) is 15.2. The van der Waals surface area contributed by atoms with Crippen molar-refractivity contribution in [3.05, 3.63) is 10.1 Å². The van der Waals surface area contributed by atoms with Crippen molar-refractivity contribution in [3.63, 3.8) is 0 Å². The SMILES string of the molecule is C#CCN1[C@H]([C@H](C)O)[C@H]2OC(C)(C)O[C@H]2[C@@H]1C[N+](=O)[O-]. The Morgan fingerprint density at radius 1 is 1.50 bits per heavy atom. The molecule has 5 atom stereocenters. The van der Waals surface area contributed by atoms with Gasteiger partial charge in [0, 0.05) is 4.92 Å². The Kier molecular flexibility index (Phi) is 4.02. The lowest BCUT2D eigenvalue weighted by Crippen LogP contribution is -2.49. The van der Waals surface area contributed by atoms with Gasteiger partial charge in [0.05, 0.1) is 18.7 Å². The molecule has 0 radical (unpaired) electrons. The zero-order chi connectivity index (χ0) is 15.1. The summed E-state index contributed by atoms with van der Waals surface area (Å²) >= 11 is 0. The van der Waals surface area contributed by atoms with Crippen molar-refractivity contribution in [1.82, 2.24) is 4.90 Å². The van der Waals surface area contributed by atoms with Crippen molar-refractivity contribution in [2.24, 2.45) is 0 Å². The van der Waals surface area contributed by atoms with Crippen LogP contribution in [0.4, 0.5) is 0 Å². The Bertz CT molecular complexity index is 431. The van der Waals surface area contributed by atoms with E-state index in [0.29, 0.717) is 0 Å². The highest BCUT2D eigenvalue weighted by Gasteiger charge is 2.60. The highest BCUT2D eigenvalue weighted by molar-refractivity contribution is 5.10. The standard InChI is InChI=1S/C13H20N2O5/c1-5-6-14-9(7-15(17)18)11-12(10(14)8(2)16)20-13(3,4)19-11/h1,8-12,16H,6-7H2,2-4H3/t8-,9-,10+,11-,12+/m0/s1. The average molecular weight is 284 g/mol. The summed E-state index contributed by atoms with van der Waals surface area (Å²) in [4.78, 5) is 12.3. The molecule has 2 heterocycles. The average Bonchev–Trinajstić information content (AvgIpc) is 2.72. The second-order valence-corrected chi connectivity index (χ2v) is 5.76. The van der Waals surface area contributed by atoms with E-state index in [0.717, 1.165) is 0 Å². The number of hydrogen-bond donors (Lipinski definition) is 1. The van der Waals surface area contributed by atoms with E-state index in [1.807, 2.05) is 0 Å².